The van der Waals surface area contributed by atoms with Gasteiger partial charge in [0.05, 0.1) is 0 Å². The van der Waals surface area contributed by atoms with Crippen LogP contribution in [0.4, 0.5) is 0 Å². The van der Waals surface area contributed by atoms with Gasteiger partial charge >= 0.3 is 0 Å². The summed E-state index contributed by atoms with van der Waals surface area (Å²) < 4.78 is 0. The molecule has 2 rings (SSSR count). The molecule has 120 valence electrons. The van der Waals surface area contributed by atoms with Gasteiger partial charge in [0.15, 0.2) is 0 Å². The van der Waals surface area contributed by atoms with Crippen LogP contribution in [0.2, 0.25) is 0 Å². The molecule has 0 saturated heterocycles. The lowest BCUT2D eigenvalue weighted by atomic mass is 10.1. The summed E-state index contributed by atoms with van der Waals surface area (Å²) in [7, 11) is 0. The number of nitrogens with one attached hydrogen (secondary N) is 1. The van der Waals surface area contributed by atoms with E-state index in [2.05, 4.69) is 42.2 Å². The van der Waals surface area contributed by atoms with E-state index in [1.807, 2.05) is 46.0 Å². The third-order valence-corrected chi connectivity index (χ3v) is 2.92. The standard InChI is InChI=1S/C15H18N2.C3H6.C2H6/c1-4-5-11(2)6-7-13-10-14-12(3)8-9-16-15(14)17-13;1-3-2;1-2/h4-5,8-10H,2,6-7H2,1,3H3,(H,16,17);3H,1H2,2H3;1-2H3/b5-4-;;. The van der Waals surface area contributed by atoms with Crippen LogP contribution in [-0.2, 0) is 6.42 Å². The third-order valence-electron chi connectivity index (χ3n) is 2.92. The molecule has 0 saturated carbocycles. The number of hydrogen-bond donors (Lipinski definition) is 1. The highest BCUT2D eigenvalue weighted by Gasteiger charge is 2.03. The maximum Gasteiger partial charge on any atom is 0.137 e. The van der Waals surface area contributed by atoms with Crippen LogP contribution in [0.15, 0.2) is 55.3 Å². The second-order valence-electron chi connectivity index (χ2n) is 4.75. The molecule has 2 nitrogen and oxygen atoms in total. The molecule has 0 atom stereocenters. The molecule has 2 heterocycles. The van der Waals surface area contributed by atoms with Crippen LogP contribution in [0, 0.1) is 6.92 Å². The van der Waals surface area contributed by atoms with Gasteiger partial charge in [-0.25, -0.2) is 4.98 Å². The van der Waals surface area contributed by atoms with Gasteiger partial charge in [0.1, 0.15) is 5.65 Å². The molecule has 0 unspecified atom stereocenters. The van der Waals surface area contributed by atoms with E-state index in [-0.39, 0.29) is 0 Å². The maximum absolute atomic E-state index is 4.33. The Morgan fingerprint density at radius 1 is 1.32 bits per heavy atom. The second kappa shape index (κ2) is 11.6. The Bertz CT molecular complexity index is 603. The Morgan fingerprint density at radius 2 is 1.95 bits per heavy atom. The maximum atomic E-state index is 4.33. The van der Waals surface area contributed by atoms with Crippen molar-refractivity contribution in [2.45, 2.75) is 47.5 Å². The molecular weight excluding hydrogens is 268 g/mol. The van der Waals surface area contributed by atoms with E-state index < -0.39 is 0 Å². The van der Waals surface area contributed by atoms with Gasteiger partial charge in [-0.15, -0.1) is 6.58 Å². The Balaban J connectivity index is 0.000000789. The fraction of sp³-hybridized carbons (Fsp3) is 0.350. The fourth-order valence-electron chi connectivity index (χ4n) is 1.96. The predicted octanol–water partition coefficient (Wildman–Crippen LogP) is 6.15. The molecule has 22 heavy (non-hydrogen) atoms. The van der Waals surface area contributed by atoms with Gasteiger partial charge in [-0.3, -0.25) is 0 Å². The lowest BCUT2D eigenvalue weighted by Gasteiger charge is -1.97. The van der Waals surface area contributed by atoms with Crippen molar-refractivity contribution in [2.75, 3.05) is 0 Å². The molecule has 0 amide bonds. The van der Waals surface area contributed by atoms with Crippen molar-refractivity contribution in [3.8, 4) is 0 Å². The summed E-state index contributed by atoms with van der Waals surface area (Å²) in [6.45, 7) is 17.4. The van der Waals surface area contributed by atoms with Gasteiger partial charge < -0.3 is 4.98 Å². The smallest absolute Gasteiger partial charge is 0.137 e. The molecule has 0 aliphatic heterocycles. The first kappa shape index (κ1) is 19.9. The molecule has 1 N–H and O–H groups in total. The van der Waals surface area contributed by atoms with E-state index in [4.69, 9.17) is 0 Å². The van der Waals surface area contributed by atoms with E-state index in [0.717, 1.165) is 24.1 Å². The zero-order valence-corrected chi connectivity index (χ0v) is 14.7. The molecule has 0 aliphatic rings. The van der Waals surface area contributed by atoms with Crippen molar-refractivity contribution in [1.29, 1.82) is 0 Å². The van der Waals surface area contributed by atoms with Gasteiger partial charge in [-0.2, -0.15) is 0 Å². The van der Waals surface area contributed by atoms with E-state index in [0.29, 0.717) is 0 Å². The van der Waals surface area contributed by atoms with Crippen molar-refractivity contribution in [3.05, 3.63) is 66.5 Å². The number of aryl methyl sites for hydroxylation is 2. The van der Waals surface area contributed by atoms with Crippen LogP contribution < -0.4 is 0 Å². The first-order valence-electron chi connectivity index (χ1n) is 7.93. The summed E-state index contributed by atoms with van der Waals surface area (Å²) in [5.41, 5.74) is 4.64. The summed E-state index contributed by atoms with van der Waals surface area (Å²) >= 11 is 0. The van der Waals surface area contributed by atoms with Crippen LogP contribution >= 0.6 is 0 Å². The van der Waals surface area contributed by atoms with Gasteiger partial charge in [-0.1, -0.05) is 44.2 Å². The van der Waals surface area contributed by atoms with Crippen LogP contribution in [0.3, 0.4) is 0 Å². The minimum absolute atomic E-state index is 0.982. The minimum Gasteiger partial charge on any atom is -0.343 e. The molecule has 2 aromatic heterocycles. The Labute approximate surface area is 135 Å². The first-order chi connectivity index (χ1) is 10.6. The molecule has 0 bridgehead atoms. The van der Waals surface area contributed by atoms with Crippen molar-refractivity contribution in [1.82, 2.24) is 9.97 Å². The highest BCUT2D eigenvalue weighted by Crippen LogP contribution is 2.18. The van der Waals surface area contributed by atoms with E-state index in [1.165, 1.54) is 16.6 Å². The topological polar surface area (TPSA) is 28.7 Å². The predicted molar refractivity (Wildman–Crippen MR) is 100 cm³/mol. The Morgan fingerprint density at radius 3 is 2.50 bits per heavy atom. The number of hydrogen-bond acceptors (Lipinski definition) is 1. The van der Waals surface area contributed by atoms with Gasteiger partial charge in [0.25, 0.3) is 0 Å². The van der Waals surface area contributed by atoms with Gasteiger partial charge in [0.2, 0.25) is 0 Å². The third kappa shape index (κ3) is 6.57. The zero-order chi connectivity index (χ0) is 17.0. The lowest BCUT2D eigenvalue weighted by molar-refractivity contribution is 0.935. The number of aromatic nitrogens is 2. The first-order valence-corrected chi connectivity index (χ1v) is 7.93. The number of aromatic amines is 1. The summed E-state index contributed by atoms with van der Waals surface area (Å²) in [5.74, 6) is 0. The molecule has 0 spiro atoms. The molecule has 0 aliphatic carbocycles. The number of nitrogens with zero attached hydrogens (tertiary/aromatic N) is 1. The van der Waals surface area contributed by atoms with E-state index in [9.17, 15) is 0 Å². The molecule has 2 heteroatoms. The molecule has 2 aromatic rings. The van der Waals surface area contributed by atoms with Crippen molar-refractivity contribution in [2.24, 2.45) is 0 Å². The SMILES string of the molecule is C=C(/C=C\C)CCc1cc2c(C)ccnc2[nH]1.C=CC.CC. The average molecular weight is 298 g/mol. The summed E-state index contributed by atoms with van der Waals surface area (Å²) in [6, 6.07) is 4.24. The number of H-pyrrole nitrogens is 1. The average Bonchev–Trinajstić information content (AvgIpc) is 2.93. The Hall–Kier alpha value is -2.09. The van der Waals surface area contributed by atoms with Crippen molar-refractivity contribution in [3.63, 3.8) is 0 Å². The van der Waals surface area contributed by atoms with Crippen LogP contribution in [0.1, 0.15) is 45.4 Å². The summed E-state index contributed by atoms with van der Waals surface area (Å²) in [4.78, 5) is 7.69. The quantitative estimate of drug-likeness (QED) is 0.532. The van der Waals surface area contributed by atoms with Crippen molar-refractivity contribution >= 4 is 11.0 Å². The zero-order valence-electron chi connectivity index (χ0n) is 14.7. The number of rotatable bonds is 4. The Kier molecular flexibility index (Phi) is 10.5. The monoisotopic (exact) mass is 298 g/mol. The van der Waals surface area contributed by atoms with Gasteiger partial charge in [-0.05, 0) is 51.3 Å². The van der Waals surface area contributed by atoms with Crippen LogP contribution in [-0.4, -0.2) is 9.97 Å². The number of allylic oxidation sites excluding steroid dienone is 4. The highest BCUT2D eigenvalue weighted by molar-refractivity contribution is 5.80. The summed E-state index contributed by atoms with van der Waals surface area (Å²) in [6.07, 6.45) is 9.65. The number of pyridine rings is 1. The van der Waals surface area contributed by atoms with Crippen LogP contribution in [0.5, 0.6) is 0 Å². The van der Waals surface area contributed by atoms with Crippen molar-refractivity contribution < 1.29 is 0 Å². The van der Waals surface area contributed by atoms with Crippen LogP contribution in [0.25, 0.3) is 11.0 Å². The van der Waals surface area contributed by atoms with Gasteiger partial charge in [0, 0.05) is 17.3 Å². The summed E-state index contributed by atoms with van der Waals surface area (Å²) in [5, 5.41) is 1.22. The highest BCUT2D eigenvalue weighted by atomic mass is 14.8. The molecule has 0 fully saturated rings. The normalized spacial score (nSPS) is 9.68. The molecule has 0 radical (unpaired) electrons. The van der Waals surface area contributed by atoms with E-state index in [1.54, 1.807) is 6.08 Å². The molecular formula is C20H30N2. The minimum atomic E-state index is 0.982. The number of fused-ring (bicyclic) bond motifs is 1. The van der Waals surface area contributed by atoms with E-state index >= 15 is 0 Å². The largest absolute Gasteiger partial charge is 0.343 e. The fourth-order valence-corrected chi connectivity index (χ4v) is 1.96. The second-order valence-corrected chi connectivity index (χ2v) is 4.75. The lowest BCUT2D eigenvalue weighted by Crippen LogP contribution is -1.86. The molecule has 0 aromatic carbocycles.